The molecule has 0 amide bonds. The van der Waals surface area contributed by atoms with Crippen LogP contribution in [-0.2, 0) is 0 Å². The number of hydrogen-bond acceptors (Lipinski definition) is 0. The first-order valence-corrected chi connectivity index (χ1v) is 5.19. The zero-order valence-corrected chi connectivity index (χ0v) is 9.73. The largest absolute Gasteiger partial charge is 0.0617 e. The quantitative estimate of drug-likeness (QED) is 0.513. The van der Waals surface area contributed by atoms with Crippen LogP contribution in [0.1, 0.15) is 48.5 Å². The molecule has 0 heterocycles. The Morgan fingerprint density at radius 1 is 0.917 bits per heavy atom. The smallest absolute Gasteiger partial charge is 0.0297 e. The van der Waals surface area contributed by atoms with Crippen molar-refractivity contribution in [3.8, 4) is 0 Å². The third-order valence-corrected chi connectivity index (χ3v) is 4.42. The van der Waals surface area contributed by atoms with Crippen molar-refractivity contribution in [3.05, 3.63) is 0 Å². The summed E-state index contributed by atoms with van der Waals surface area (Å²) in [6.45, 7) is 16.8. The molecule has 2 atom stereocenters. The minimum absolute atomic E-state index is 0.494. The summed E-state index contributed by atoms with van der Waals surface area (Å²) in [6, 6.07) is 0. The maximum absolute atomic E-state index is 2.41. The van der Waals surface area contributed by atoms with Crippen LogP contribution in [0.3, 0.4) is 0 Å². The Hall–Kier alpha value is 0. The molecule has 0 radical (unpaired) electrons. The topological polar surface area (TPSA) is 0 Å². The lowest BCUT2D eigenvalue weighted by Gasteiger charge is -2.61. The van der Waals surface area contributed by atoms with Crippen molar-refractivity contribution in [2.75, 3.05) is 0 Å². The molecule has 0 nitrogen and oxygen atoms in total. The maximum atomic E-state index is 2.41. The first-order chi connectivity index (χ1) is 5.19. The van der Waals surface area contributed by atoms with Crippen LogP contribution in [0.4, 0.5) is 0 Å². The molecule has 0 aromatic rings. The molecule has 0 aromatic heterocycles. The Bertz CT molecular complexity index is 159. The van der Waals surface area contributed by atoms with Gasteiger partial charge in [-0.05, 0) is 28.6 Å². The fourth-order valence-electron chi connectivity index (χ4n) is 3.15. The highest BCUT2D eigenvalue weighted by Crippen LogP contribution is 2.60. The van der Waals surface area contributed by atoms with Gasteiger partial charge in [0.1, 0.15) is 0 Å². The van der Waals surface area contributed by atoms with Gasteiger partial charge in [-0.15, -0.1) is 0 Å². The highest BCUT2D eigenvalue weighted by molar-refractivity contribution is 5.02. The average Bonchev–Trinajstić information content (AvgIpc) is 1.85. The van der Waals surface area contributed by atoms with E-state index in [0.717, 1.165) is 17.8 Å². The van der Waals surface area contributed by atoms with Crippen LogP contribution in [0.2, 0.25) is 0 Å². The molecular weight excluding hydrogens is 144 g/mol. The molecule has 72 valence electrons. The summed E-state index contributed by atoms with van der Waals surface area (Å²) < 4.78 is 0. The van der Waals surface area contributed by atoms with E-state index in [1.165, 1.54) is 0 Å². The summed E-state index contributed by atoms with van der Waals surface area (Å²) in [5.41, 5.74) is 1.06. The van der Waals surface area contributed by atoms with E-state index in [-0.39, 0.29) is 0 Å². The second-order valence-corrected chi connectivity index (χ2v) is 6.29. The minimum Gasteiger partial charge on any atom is -0.0617 e. The SMILES string of the molecule is CC1C(C(C)(C)C)C(C)C1(C)C. The van der Waals surface area contributed by atoms with Crippen molar-refractivity contribution in [1.29, 1.82) is 0 Å². The fraction of sp³-hybridized carbons (Fsp3) is 1.00. The molecule has 0 spiro atoms. The molecule has 0 aromatic carbocycles. The molecule has 1 aliphatic rings. The second kappa shape index (κ2) is 2.49. The highest BCUT2D eigenvalue weighted by Gasteiger charge is 2.54. The summed E-state index contributed by atoms with van der Waals surface area (Å²) in [5, 5.41) is 0. The lowest BCUT2D eigenvalue weighted by Crippen LogP contribution is -2.55. The highest BCUT2D eigenvalue weighted by atomic mass is 14.6. The Balaban J connectivity index is 2.76. The maximum Gasteiger partial charge on any atom is -0.0297 e. The number of hydrogen-bond donors (Lipinski definition) is 0. The van der Waals surface area contributed by atoms with Gasteiger partial charge in [0.2, 0.25) is 0 Å². The van der Waals surface area contributed by atoms with E-state index in [0.29, 0.717) is 10.8 Å². The van der Waals surface area contributed by atoms with Crippen molar-refractivity contribution in [1.82, 2.24) is 0 Å². The molecule has 12 heavy (non-hydrogen) atoms. The summed E-state index contributed by atoms with van der Waals surface area (Å²) >= 11 is 0. The Morgan fingerprint density at radius 2 is 1.25 bits per heavy atom. The number of rotatable bonds is 0. The van der Waals surface area contributed by atoms with E-state index in [2.05, 4.69) is 48.5 Å². The van der Waals surface area contributed by atoms with Crippen LogP contribution in [0.5, 0.6) is 0 Å². The molecule has 0 N–H and O–H groups in total. The fourth-order valence-corrected chi connectivity index (χ4v) is 3.15. The van der Waals surface area contributed by atoms with Gasteiger partial charge in [0.25, 0.3) is 0 Å². The van der Waals surface area contributed by atoms with Crippen molar-refractivity contribution < 1.29 is 0 Å². The minimum atomic E-state index is 0.494. The van der Waals surface area contributed by atoms with Crippen molar-refractivity contribution >= 4 is 0 Å². The lowest BCUT2D eigenvalue weighted by atomic mass is 9.44. The van der Waals surface area contributed by atoms with Crippen LogP contribution in [0.25, 0.3) is 0 Å². The predicted molar refractivity (Wildman–Crippen MR) is 55.1 cm³/mol. The van der Waals surface area contributed by atoms with Gasteiger partial charge in [0.15, 0.2) is 0 Å². The van der Waals surface area contributed by atoms with E-state index in [1.807, 2.05) is 0 Å². The van der Waals surface area contributed by atoms with E-state index < -0.39 is 0 Å². The molecule has 0 bridgehead atoms. The van der Waals surface area contributed by atoms with Gasteiger partial charge in [-0.2, -0.15) is 0 Å². The van der Waals surface area contributed by atoms with Gasteiger partial charge in [-0.1, -0.05) is 48.5 Å². The van der Waals surface area contributed by atoms with E-state index >= 15 is 0 Å². The van der Waals surface area contributed by atoms with Crippen LogP contribution < -0.4 is 0 Å². The van der Waals surface area contributed by atoms with Gasteiger partial charge in [0, 0.05) is 0 Å². The molecule has 1 saturated carbocycles. The van der Waals surface area contributed by atoms with E-state index in [1.54, 1.807) is 0 Å². The van der Waals surface area contributed by atoms with Gasteiger partial charge < -0.3 is 0 Å². The Labute approximate surface area is 77.7 Å². The molecule has 0 heteroatoms. The average molecular weight is 168 g/mol. The van der Waals surface area contributed by atoms with Gasteiger partial charge in [-0.25, -0.2) is 0 Å². The Kier molecular flexibility index (Phi) is 2.10. The van der Waals surface area contributed by atoms with Gasteiger partial charge in [-0.3, -0.25) is 0 Å². The predicted octanol–water partition coefficient (Wildman–Crippen LogP) is 3.96. The first kappa shape index (κ1) is 10.1. The summed E-state index contributed by atoms with van der Waals surface area (Å²) in [7, 11) is 0. The summed E-state index contributed by atoms with van der Waals surface area (Å²) in [5.74, 6) is 2.67. The van der Waals surface area contributed by atoms with Crippen LogP contribution >= 0.6 is 0 Å². The van der Waals surface area contributed by atoms with E-state index in [9.17, 15) is 0 Å². The van der Waals surface area contributed by atoms with Crippen molar-refractivity contribution in [2.45, 2.75) is 48.5 Å². The summed E-state index contributed by atoms with van der Waals surface area (Å²) in [4.78, 5) is 0. The third-order valence-electron chi connectivity index (χ3n) is 4.42. The molecular formula is C12H24. The second-order valence-electron chi connectivity index (χ2n) is 6.29. The van der Waals surface area contributed by atoms with Crippen LogP contribution in [0, 0.1) is 28.6 Å². The van der Waals surface area contributed by atoms with Gasteiger partial charge in [0.05, 0.1) is 0 Å². The third kappa shape index (κ3) is 1.20. The summed E-state index contributed by atoms with van der Waals surface area (Å²) in [6.07, 6.45) is 0. The van der Waals surface area contributed by atoms with Gasteiger partial charge >= 0.3 is 0 Å². The normalized spacial score (nSPS) is 40.8. The Morgan fingerprint density at radius 3 is 1.42 bits per heavy atom. The molecule has 1 rings (SSSR count). The molecule has 1 fully saturated rings. The van der Waals surface area contributed by atoms with Crippen LogP contribution in [0.15, 0.2) is 0 Å². The van der Waals surface area contributed by atoms with Crippen molar-refractivity contribution in [2.24, 2.45) is 28.6 Å². The molecule has 0 saturated heterocycles. The molecule has 1 aliphatic carbocycles. The molecule has 2 unspecified atom stereocenters. The standard InChI is InChI=1S/C12H24/c1-8-10(11(3,4)5)9(2)12(8,6)7/h8-10H,1-7H3. The van der Waals surface area contributed by atoms with Crippen LogP contribution in [-0.4, -0.2) is 0 Å². The molecule has 0 aliphatic heterocycles. The monoisotopic (exact) mass is 168 g/mol. The zero-order chi connectivity index (χ0) is 9.73. The van der Waals surface area contributed by atoms with E-state index in [4.69, 9.17) is 0 Å². The van der Waals surface area contributed by atoms with Crippen molar-refractivity contribution in [3.63, 3.8) is 0 Å². The zero-order valence-electron chi connectivity index (χ0n) is 9.73. The first-order valence-electron chi connectivity index (χ1n) is 5.19. The lowest BCUT2D eigenvalue weighted by molar-refractivity contribution is -0.129.